The monoisotopic (exact) mass is 400 g/mol. The third-order valence-corrected chi connectivity index (χ3v) is 5.21. The molecular formula is C21H28N4O4. The number of hydrogen-bond acceptors (Lipinski definition) is 5. The summed E-state index contributed by atoms with van der Waals surface area (Å²) in [6.45, 7) is 3.09. The number of esters is 1. The highest BCUT2D eigenvalue weighted by molar-refractivity contribution is 5.85. The van der Waals surface area contributed by atoms with Crippen LogP contribution in [0, 0.1) is 5.92 Å². The Morgan fingerprint density at radius 2 is 2.10 bits per heavy atom. The number of imidazole rings is 1. The molecule has 0 saturated carbocycles. The van der Waals surface area contributed by atoms with Crippen LogP contribution in [0.5, 0.6) is 0 Å². The number of aromatic amines is 1. The molecule has 2 aromatic rings. The van der Waals surface area contributed by atoms with E-state index in [1.807, 2.05) is 24.3 Å². The third kappa shape index (κ3) is 5.34. The SMILES string of the molecule is CCOC(=O)C1CCCN(C(=O)CN(C)C(=O)CCc2nc3ccccc3[nH]2)C1. The van der Waals surface area contributed by atoms with Crippen molar-refractivity contribution in [3.8, 4) is 0 Å². The largest absolute Gasteiger partial charge is 0.466 e. The number of ether oxygens (including phenoxy) is 1. The van der Waals surface area contributed by atoms with E-state index in [4.69, 9.17) is 4.74 Å². The van der Waals surface area contributed by atoms with Gasteiger partial charge in [0.05, 0.1) is 30.1 Å². The maximum Gasteiger partial charge on any atom is 0.310 e. The van der Waals surface area contributed by atoms with Crippen molar-refractivity contribution in [3.63, 3.8) is 0 Å². The third-order valence-electron chi connectivity index (χ3n) is 5.21. The molecular weight excluding hydrogens is 372 g/mol. The van der Waals surface area contributed by atoms with E-state index in [0.717, 1.165) is 29.7 Å². The van der Waals surface area contributed by atoms with Gasteiger partial charge in [0.2, 0.25) is 11.8 Å². The van der Waals surface area contributed by atoms with Gasteiger partial charge in [-0.15, -0.1) is 0 Å². The van der Waals surface area contributed by atoms with E-state index in [2.05, 4.69) is 9.97 Å². The molecule has 3 rings (SSSR count). The second-order valence-electron chi connectivity index (χ2n) is 7.38. The number of fused-ring (bicyclic) bond motifs is 1. The number of H-pyrrole nitrogens is 1. The summed E-state index contributed by atoms with van der Waals surface area (Å²) < 4.78 is 5.07. The minimum absolute atomic E-state index is 0.00844. The fraction of sp³-hybridized carbons (Fsp3) is 0.524. The van der Waals surface area contributed by atoms with Gasteiger partial charge in [-0.05, 0) is 31.9 Å². The van der Waals surface area contributed by atoms with Crippen LogP contribution >= 0.6 is 0 Å². The van der Waals surface area contributed by atoms with Crippen LogP contribution in [0.3, 0.4) is 0 Å². The highest BCUT2D eigenvalue weighted by atomic mass is 16.5. The summed E-state index contributed by atoms with van der Waals surface area (Å²) in [4.78, 5) is 47.8. The quantitative estimate of drug-likeness (QED) is 0.715. The number of aryl methyl sites for hydroxylation is 1. The molecule has 0 radical (unpaired) electrons. The first kappa shape index (κ1) is 20.8. The number of nitrogens with zero attached hydrogens (tertiary/aromatic N) is 3. The van der Waals surface area contributed by atoms with Crippen LogP contribution in [0.1, 0.15) is 32.0 Å². The summed E-state index contributed by atoms with van der Waals surface area (Å²) in [5, 5.41) is 0. The summed E-state index contributed by atoms with van der Waals surface area (Å²) in [5.74, 6) is -0.0223. The second kappa shape index (κ2) is 9.54. The average Bonchev–Trinajstić information content (AvgIpc) is 3.15. The minimum Gasteiger partial charge on any atom is -0.466 e. The first-order valence-corrected chi connectivity index (χ1v) is 10.1. The summed E-state index contributed by atoms with van der Waals surface area (Å²) in [5.41, 5.74) is 1.82. The van der Waals surface area contributed by atoms with Gasteiger partial charge in [0, 0.05) is 33.0 Å². The van der Waals surface area contributed by atoms with Crippen LogP contribution in [0.25, 0.3) is 11.0 Å². The van der Waals surface area contributed by atoms with E-state index in [1.165, 1.54) is 4.90 Å². The summed E-state index contributed by atoms with van der Waals surface area (Å²) in [6, 6.07) is 7.72. The topological polar surface area (TPSA) is 95.6 Å². The van der Waals surface area contributed by atoms with Crippen LogP contribution in [0.4, 0.5) is 0 Å². The zero-order valence-corrected chi connectivity index (χ0v) is 17.0. The van der Waals surface area contributed by atoms with Crippen molar-refractivity contribution in [2.45, 2.75) is 32.6 Å². The Morgan fingerprint density at radius 3 is 2.86 bits per heavy atom. The molecule has 8 nitrogen and oxygen atoms in total. The first-order valence-electron chi connectivity index (χ1n) is 10.1. The number of likely N-dealkylation sites (N-methyl/N-ethyl adjacent to an activating group) is 1. The smallest absolute Gasteiger partial charge is 0.310 e. The summed E-state index contributed by atoms with van der Waals surface area (Å²) in [7, 11) is 1.63. The molecule has 1 aliphatic heterocycles. The Morgan fingerprint density at radius 1 is 1.31 bits per heavy atom. The van der Waals surface area contributed by atoms with Crippen LogP contribution in [0.2, 0.25) is 0 Å². The van der Waals surface area contributed by atoms with Crippen LogP contribution in [-0.2, 0) is 25.5 Å². The molecule has 2 heterocycles. The Hall–Kier alpha value is -2.90. The van der Waals surface area contributed by atoms with Gasteiger partial charge in [-0.25, -0.2) is 4.98 Å². The lowest BCUT2D eigenvalue weighted by molar-refractivity contribution is -0.152. The maximum atomic E-state index is 12.6. The molecule has 0 aliphatic carbocycles. The Labute approximate surface area is 170 Å². The number of piperidine rings is 1. The number of carbonyl (C=O) groups is 3. The fourth-order valence-electron chi connectivity index (χ4n) is 3.59. The van der Waals surface area contributed by atoms with Crippen molar-refractivity contribution < 1.29 is 19.1 Å². The molecule has 1 N–H and O–H groups in total. The molecule has 8 heteroatoms. The number of aromatic nitrogens is 2. The summed E-state index contributed by atoms with van der Waals surface area (Å²) >= 11 is 0. The molecule has 156 valence electrons. The van der Waals surface area contributed by atoms with E-state index in [0.29, 0.717) is 26.1 Å². The van der Waals surface area contributed by atoms with Crippen molar-refractivity contribution in [2.24, 2.45) is 5.92 Å². The highest BCUT2D eigenvalue weighted by Gasteiger charge is 2.30. The van der Waals surface area contributed by atoms with E-state index in [9.17, 15) is 14.4 Å². The van der Waals surface area contributed by atoms with Crippen molar-refractivity contribution in [2.75, 3.05) is 33.3 Å². The number of hydrogen-bond donors (Lipinski definition) is 1. The Bertz CT molecular complexity index is 845. The molecule has 1 unspecified atom stereocenters. The lowest BCUT2D eigenvalue weighted by Gasteiger charge is -2.32. The number of rotatable bonds is 7. The van der Waals surface area contributed by atoms with Crippen LogP contribution < -0.4 is 0 Å². The highest BCUT2D eigenvalue weighted by Crippen LogP contribution is 2.18. The normalized spacial score (nSPS) is 16.6. The molecule has 1 atom stereocenters. The van der Waals surface area contributed by atoms with Gasteiger partial charge < -0.3 is 19.5 Å². The fourth-order valence-corrected chi connectivity index (χ4v) is 3.59. The Balaban J connectivity index is 1.48. The average molecular weight is 400 g/mol. The minimum atomic E-state index is -0.276. The van der Waals surface area contributed by atoms with E-state index in [-0.39, 0.29) is 36.7 Å². The Kier molecular flexibility index (Phi) is 6.85. The van der Waals surface area contributed by atoms with Gasteiger partial charge >= 0.3 is 5.97 Å². The molecule has 1 aromatic carbocycles. The van der Waals surface area contributed by atoms with Gasteiger partial charge in [0.1, 0.15) is 5.82 Å². The van der Waals surface area contributed by atoms with E-state index >= 15 is 0 Å². The van der Waals surface area contributed by atoms with E-state index < -0.39 is 0 Å². The van der Waals surface area contributed by atoms with E-state index in [1.54, 1.807) is 18.9 Å². The number of benzene rings is 1. The lowest BCUT2D eigenvalue weighted by Crippen LogP contribution is -2.47. The molecule has 0 spiro atoms. The standard InChI is InChI=1S/C21H28N4O4/c1-3-29-21(28)15-7-6-12-25(13-15)20(27)14-24(2)19(26)11-10-18-22-16-8-4-5-9-17(16)23-18/h4-5,8-9,15H,3,6-7,10-14H2,1-2H3,(H,22,23). The number of nitrogens with one attached hydrogen (secondary N) is 1. The predicted octanol–water partition coefficient (Wildman–Crippen LogP) is 1.76. The number of carbonyl (C=O) groups excluding carboxylic acids is 3. The number of amides is 2. The van der Waals surface area contributed by atoms with Crippen LogP contribution in [0.15, 0.2) is 24.3 Å². The zero-order valence-electron chi connectivity index (χ0n) is 17.0. The lowest BCUT2D eigenvalue weighted by atomic mass is 9.98. The molecule has 1 aliphatic rings. The van der Waals surface area contributed by atoms with Crippen molar-refractivity contribution in [1.29, 1.82) is 0 Å². The zero-order chi connectivity index (χ0) is 20.8. The van der Waals surface area contributed by atoms with Gasteiger partial charge in [0.15, 0.2) is 0 Å². The van der Waals surface area contributed by atoms with Crippen molar-refractivity contribution >= 4 is 28.8 Å². The molecule has 29 heavy (non-hydrogen) atoms. The molecule has 1 aromatic heterocycles. The van der Waals surface area contributed by atoms with Crippen LogP contribution in [-0.4, -0.2) is 70.8 Å². The molecule has 2 amide bonds. The second-order valence-corrected chi connectivity index (χ2v) is 7.38. The van der Waals surface area contributed by atoms with Gasteiger partial charge in [0.25, 0.3) is 0 Å². The maximum absolute atomic E-state index is 12.6. The van der Waals surface area contributed by atoms with Gasteiger partial charge in [-0.2, -0.15) is 0 Å². The van der Waals surface area contributed by atoms with Gasteiger partial charge in [-0.3, -0.25) is 14.4 Å². The van der Waals surface area contributed by atoms with Crippen molar-refractivity contribution in [3.05, 3.63) is 30.1 Å². The molecule has 0 bridgehead atoms. The molecule has 1 fully saturated rings. The first-order chi connectivity index (χ1) is 14.0. The number of para-hydroxylation sites is 2. The van der Waals surface area contributed by atoms with Crippen molar-refractivity contribution in [1.82, 2.24) is 19.8 Å². The molecule has 1 saturated heterocycles. The van der Waals surface area contributed by atoms with Gasteiger partial charge in [-0.1, -0.05) is 12.1 Å². The predicted molar refractivity (Wildman–Crippen MR) is 108 cm³/mol. The number of likely N-dealkylation sites (tertiary alicyclic amines) is 1. The summed E-state index contributed by atoms with van der Waals surface area (Å²) in [6.07, 6.45) is 2.25.